The molecule has 74 valence electrons. The Morgan fingerprint density at radius 1 is 1.36 bits per heavy atom. The van der Waals surface area contributed by atoms with Gasteiger partial charge in [0.1, 0.15) is 10.8 Å². The van der Waals surface area contributed by atoms with Crippen molar-refractivity contribution in [2.45, 2.75) is 20.8 Å². The number of nitrogens with zero attached hydrogens (tertiary/aromatic N) is 1. The van der Waals surface area contributed by atoms with Gasteiger partial charge in [-0.2, -0.15) is 0 Å². The summed E-state index contributed by atoms with van der Waals surface area (Å²) in [6, 6.07) is 3.36. The highest BCUT2D eigenvalue weighted by Gasteiger charge is 2.04. The standard InChI is InChI=1S/C11H13ClN2/c1-11(2,3)7-6-9-8(13)4-5-10(12)14-9/h4-5H,13H2,1-3H3. The summed E-state index contributed by atoms with van der Waals surface area (Å²) in [5.74, 6) is 5.98. The smallest absolute Gasteiger partial charge is 0.137 e. The Balaban J connectivity index is 3.06. The molecule has 0 bridgehead atoms. The van der Waals surface area contributed by atoms with E-state index in [1.807, 2.05) is 20.8 Å². The van der Waals surface area contributed by atoms with Gasteiger partial charge in [0.15, 0.2) is 0 Å². The van der Waals surface area contributed by atoms with Crippen molar-refractivity contribution in [1.82, 2.24) is 4.98 Å². The highest BCUT2D eigenvalue weighted by molar-refractivity contribution is 6.29. The first-order chi connectivity index (χ1) is 6.38. The molecule has 0 radical (unpaired) electrons. The molecule has 0 aliphatic heterocycles. The van der Waals surface area contributed by atoms with Gasteiger partial charge in [0.25, 0.3) is 0 Å². The van der Waals surface area contributed by atoms with Crippen LogP contribution in [0.1, 0.15) is 26.5 Å². The second kappa shape index (κ2) is 3.89. The molecule has 0 fully saturated rings. The number of nitrogens with two attached hydrogens (primary N) is 1. The Morgan fingerprint density at radius 2 is 2.00 bits per heavy atom. The fourth-order valence-corrected chi connectivity index (χ4v) is 0.940. The lowest BCUT2D eigenvalue weighted by Gasteiger charge is -2.07. The Hall–Kier alpha value is -1.20. The molecule has 1 heterocycles. The molecular weight excluding hydrogens is 196 g/mol. The Morgan fingerprint density at radius 3 is 2.57 bits per heavy atom. The van der Waals surface area contributed by atoms with Gasteiger partial charge in [-0.05, 0) is 38.8 Å². The quantitative estimate of drug-likeness (QED) is 0.526. The lowest BCUT2D eigenvalue weighted by atomic mass is 9.98. The van der Waals surface area contributed by atoms with Crippen LogP contribution in [0.15, 0.2) is 12.1 Å². The average Bonchev–Trinajstić information content (AvgIpc) is 2.05. The molecule has 0 unspecified atom stereocenters. The summed E-state index contributed by atoms with van der Waals surface area (Å²) in [5, 5.41) is 0.414. The molecule has 1 aromatic rings. The lowest BCUT2D eigenvalue weighted by Crippen LogP contribution is -2.00. The number of anilines is 1. The van der Waals surface area contributed by atoms with E-state index in [1.165, 1.54) is 0 Å². The van der Waals surface area contributed by atoms with Crippen LogP contribution in [0.5, 0.6) is 0 Å². The first-order valence-electron chi connectivity index (χ1n) is 4.34. The maximum absolute atomic E-state index is 5.73. The molecule has 0 amide bonds. The summed E-state index contributed by atoms with van der Waals surface area (Å²) in [7, 11) is 0. The van der Waals surface area contributed by atoms with Gasteiger partial charge in [-0.3, -0.25) is 0 Å². The van der Waals surface area contributed by atoms with Gasteiger partial charge < -0.3 is 5.73 Å². The third-order valence-corrected chi connectivity index (χ3v) is 1.66. The van der Waals surface area contributed by atoms with E-state index in [1.54, 1.807) is 12.1 Å². The minimum atomic E-state index is -0.0591. The van der Waals surface area contributed by atoms with Crippen LogP contribution in [0.4, 0.5) is 5.69 Å². The Bertz CT molecular complexity index is 394. The Labute approximate surface area is 89.5 Å². The lowest BCUT2D eigenvalue weighted by molar-refractivity contribution is 0.571. The van der Waals surface area contributed by atoms with Crippen LogP contribution in [-0.2, 0) is 0 Å². The zero-order chi connectivity index (χ0) is 10.8. The van der Waals surface area contributed by atoms with Gasteiger partial charge in [0, 0.05) is 5.41 Å². The number of halogens is 1. The van der Waals surface area contributed by atoms with E-state index in [9.17, 15) is 0 Å². The van der Waals surface area contributed by atoms with Gasteiger partial charge in [-0.1, -0.05) is 17.5 Å². The van der Waals surface area contributed by atoms with Crippen molar-refractivity contribution in [2.24, 2.45) is 5.41 Å². The third kappa shape index (κ3) is 3.27. The Kier molecular flexibility index (Phi) is 3.03. The first-order valence-corrected chi connectivity index (χ1v) is 4.71. The number of rotatable bonds is 0. The van der Waals surface area contributed by atoms with Gasteiger partial charge in [-0.15, -0.1) is 0 Å². The van der Waals surface area contributed by atoms with Crippen molar-refractivity contribution in [3.8, 4) is 11.8 Å². The van der Waals surface area contributed by atoms with Gasteiger partial charge in [0.2, 0.25) is 0 Å². The van der Waals surface area contributed by atoms with Crippen LogP contribution < -0.4 is 5.73 Å². The largest absolute Gasteiger partial charge is 0.396 e. The normalized spacial score (nSPS) is 10.6. The molecule has 0 saturated carbocycles. The number of hydrogen-bond donors (Lipinski definition) is 1. The topological polar surface area (TPSA) is 38.9 Å². The fourth-order valence-electron chi connectivity index (χ4n) is 0.793. The van der Waals surface area contributed by atoms with Crippen molar-refractivity contribution >= 4 is 17.3 Å². The van der Waals surface area contributed by atoms with E-state index in [4.69, 9.17) is 17.3 Å². The summed E-state index contributed by atoms with van der Waals surface area (Å²) >= 11 is 5.73. The highest BCUT2D eigenvalue weighted by Crippen LogP contribution is 2.14. The molecule has 2 N–H and O–H groups in total. The van der Waals surface area contributed by atoms with E-state index >= 15 is 0 Å². The molecule has 0 saturated heterocycles. The van der Waals surface area contributed by atoms with E-state index in [0.29, 0.717) is 16.5 Å². The predicted molar refractivity (Wildman–Crippen MR) is 60.0 cm³/mol. The monoisotopic (exact) mass is 208 g/mol. The summed E-state index contributed by atoms with van der Waals surface area (Å²) < 4.78 is 0. The number of aromatic nitrogens is 1. The van der Waals surface area contributed by atoms with Crippen LogP contribution in [0, 0.1) is 17.3 Å². The van der Waals surface area contributed by atoms with Crippen LogP contribution in [0.3, 0.4) is 0 Å². The number of pyridine rings is 1. The van der Waals surface area contributed by atoms with E-state index in [0.717, 1.165) is 0 Å². The van der Waals surface area contributed by atoms with Crippen molar-refractivity contribution < 1.29 is 0 Å². The first kappa shape index (κ1) is 10.9. The van der Waals surface area contributed by atoms with Gasteiger partial charge in [0.05, 0.1) is 5.69 Å². The molecule has 0 aliphatic carbocycles. The van der Waals surface area contributed by atoms with Crippen LogP contribution in [0.25, 0.3) is 0 Å². The highest BCUT2D eigenvalue weighted by atomic mass is 35.5. The van der Waals surface area contributed by atoms with E-state index in [2.05, 4.69) is 16.8 Å². The number of nitrogen functional groups attached to an aromatic ring is 1. The predicted octanol–water partition coefficient (Wildman–Crippen LogP) is 2.71. The fraction of sp³-hybridized carbons (Fsp3) is 0.364. The minimum absolute atomic E-state index is 0.0591. The SMILES string of the molecule is CC(C)(C)C#Cc1nc(Cl)ccc1N. The summed E-state index contributed by atoms with van der Waals surface area (Å²) in [5.41, 5.74) is 6.75. The summed E-state index contributed by atoms with van der Waals surface area (Å²) in [6.45, 7) is 6.09. The molecule has 0 aliphatic rings. The second-order valence-electron chi connectivity index (χ2n) is 4.07. The third-order valence-electron chi connectivity index (χ3n) is 1.45. The van der Waals surface area contributed by atoms with Crippen LogP contribution in [-0.4, -0.2) is 4.98 Å². The zero-order valence-electron chi connectivity index (χ0n) is 8.56. The van der Waals surface area contributed by atoms with Crippen molar-refractivity contribution in [3.63, 3.8) is 0 Å². The molecule has 2 nitrogen and oxygen atoms in total. The maximum atomic E-state index is 5.73. The summed E-state index contributed by atoms with van der Waals surface area (Å²) in [6.07, 6.45) is 0. The average molecular weight is 209 g/mol. The van der Waals surface area contributed by atoms with Crippen LogP contribution in [0.2, 0.25) is 5.15 Å². The van der Waals surface area contributed by atoms with Crippen molar-refractivity contribution in [2.75, 3.05) is 5.73 Å². The molecular formula is C11H13ClN2. The maximum Gasteiger partial charge on any atom is 0.137 e. The molecule has 1 rings (SSSR count). The van der Waals surface area contributed by atoms with Crippen molar-refractivity contribution in [3.05, 3.63) is 23.0 Å². The zero-order valence-corrected chi connectivity index (χ0v) is 9.31. The molecule has 0 aromatic carbocycles. The van der Waals surface area contributed by atoms with E-state index < -0.39 is 0 Å². The summed E-state index contributed by atoms with van der Waals surface area (Å²) in [4.78, 5) is 4.04. The second-order valence-corrected chi connectivity index (χ2v) is 4.46. The number of hydrogen-bond acceptors (Lipinski definition) is 2. The van der Waals surface area contributed by atoms with Crippen LogP contribution >= 0.6 is 11.6 Å². The van der Waals surface area contributed by atoms with E-state index in [-0.39, 0.29) is 5.41 Å². The van der Waals surface area contributed by atoms with Gasteiger partial charge in [-0.25, -0.2) is 4.98 Å². The van der Waals surface area contributed by atoms with Gasteiger partial charge >= 0.3 is 0 Å². The molecule has 1 aromatic heterocycles. The van der Waals surface area contributed by atoms with Crippen molar-refractivity contribution in [1.29, 1.82) is 0 Å². The molecule has 3 heteroatoms. The molecule has 14 heavy (non-hydrogen) atoms. The molecule has 0 atom stereocenters. The molecule has 0 spiro atoms. The minimum Gasteiger partial charge on any atom is -0.396 e.